The number of ether oxygens (including phenoxy) is 1. The molecule has 1 aliphatic heterocycles. The maximum Gasteiger partial charge on any atom is 0.249 e. The van der Waals surface area contributed by atoms with Crippen molar-refractivity contribution in [2.45, 2.75) is 31.8 Å². The molecule has 0 bridgehead atoms. The zero-order valence-electron chi connectivity index (χ0n) is 19.5. The van der Waals surface area contributed by atoms with Gasteiger partial charge in [0.1, 0.15) is 5.75 Å². The lowest BCUT2D eigenvalue weighted by molar-refractivity contribution is -0.143. The van der Waals surface area contributed by atoms with Crippen LogP contribution in [-0.4, -0.2) is 52.8 Å². The molecule has 1 aliphatic rings. The van der Waals surface area contributed by atoms with Crippen molar-refractivity contribution < 1.29 is 19.8 Å². The number of carbonyl (C=O) groups excluding carboxylic acids is 1. The Labute approximate surface area is 213 Å². The smallest absolute Gasteiger partial charge is 0.249 e. The molecule has 2 aromatic heterocycles. The van der Waals surface area contributed by atoms with Crippen LogP contribution in [0.5, 0.6) is 5.75 Å². The minimum absolute atomic E-state index is 0.307. The molecule has 0 saturated carbocycles. The number of halogens is 1. The van der Waals surface area contributed by atoms with Gasteiger partial charge in [0.2, 0.25) is 5.91 Å². The van der Waals surface area contributed by atoms with E-state index >= 15 is 0 Å². The van der Waals surface area contributed by atoms with Crippen LogP contribution in [0, 0.1) is 17.3 Å². The molecule has 0 radical (unpaired) electrons. The number of nitrogens with one attached hydrogen (secondary N) is 1. The Bertz CT molecular complexity index is 1230. The Kier molecular flexibility index (Phi) is 8.26. The molecule has 35 heavy (non-hydrogen) atoms. The van der Waals surface area contributed by atoms with Gasteiger partial charge in [-0.25, -0.2) is 5.48 Å². The van der Waals surface area contributed by atoms with Gasteiger partial charge in [-0.3, -0.25) is 19.9 Å². The van der Waals surface area contributed by atoms with Gasteiger partial charge in [-0.05, 0) is 55.3 Å². The maximum absolute atomic E-state index is 12.7. The number of aromatic nitrogens is 1. The predicted octanol–water partition coefficient (Wildman–Crippen LogP) is 4.41. The molecule has 4 rings (SSSR count). The SMILES string of the molecule is COc1ccc2ncc(Cl)c(C(O)CCC3(C(=O)NO)CCN(CC#Cc4cccs4)CC3)c2c1. The molecule has 0 aliphatic carbocycles. The highest BCUT2D eigenvalue weighted by atomic mass is 35.5. The molecule has 184 valence electrons. The number of benzene rings is 1. The maximum atomic E-state index is 12.7. The fourth-order valence-corrected chi connectivity index (χ4v) is 5.50. The Hall–Kier alpha value is -2.67. The predicted molar refractivity (Wildman–Crippen MR) is 137 cm³/mol. The summed E-state index contributed by atoms with van der Waals surface area (Å²) in [7, 11) is 1.58. The van der Waals surface area contributed by atoms with Gasteiger partial charge < -0.3 is 9.84 Å². The lowest BCUT2D eigenvalue weighted by Crippen LogP contribution is -2.48. The second-order valence-electron chi connectivity index (χ2n) is 8.73. The Morgan fingerprint density at radius 3 is 2.86 bits per heavy atom. The number of hydroxylamine groups is 1. The first kappa shape index (κ1) is 25.4. The van der Waals surface area contributed by atoms with Gasteiger partial charge in [-0.2, -0.15) is 0 Å². The molecule has 1 aromatic carbocycles. The van der Waals surface area contributed by atoms with E-state index in [0.717, 1.165) is 4.88 Å². The topological polar surface area (TPSA) is 94.9 Å². The van der Waals surface area contributed by atoms with E-state index in [1.165, 1.54) is 6.20 Å². The molecule has 0 spiro atoms. The van der Waals surface area contributed by atoms with Crippen molar-refractivity contribution in [3.63, 3.8) is 0 Å². The number of carbonyl (C=O) groups is 1. The van der Waals surface area contributed by atoms with E-state index in [1.54, 1.807) is 30.6 Å². The second kappa shape index (κ2) is 11.4. The van der Waals surface area contributed by atoms with Crippen molar-refractivity contribution in [2.24, 2.45) is 5.41 Å². The summed E-state index contributed by atoms with van der Waals surface area (Å²) in [5, 5.41) is 23.7. The number of likely N-dealkylation sites (tertiary alicyclic amines) is 1. The first-order chi connectivity index (χ1) is 17.0. The third-order valence-electron chi connectivity index (χ3n) is 6.73. The van der Waals surface area contributed by atoms with Crippen LogP contribution in [0.25, 0.3) is 10.9 Å². The lowest BCUT2D eigenvalue weighted by Gasteiger charge is -2.40. The van der Waals surface area contributed by atoms with E-state index in [2.05, 4.69) is 21.7 Å². The Morgan fingerprint density at radius 2 is 2.17 bits per heavy atom. The minimum atomic E-state index is -0.904. The molecular formula is C26H28ClN3O4S. The summed E-state index contributed by atoms with van der Waals surface area (Å²) in [6.45, 7) is 1.98. The molecule has 9 heteroatoms. The van der Waals surface area contributed by atoms with Crippen LogP contribution < -0.4 is 10.2 Å². The van der Waals surface area contributed by atoms with Gasteiger partial charge in [-0.1, -0.05) is 29.5 Å². The summed E-state index contributed by atoms with van der Waals surface area (Å²) in [4.78, 5) is 20.3. The first-order valence-corrected chi connectivity index (χ1v) is 12.7. The van der Waals surface area contributed by atoms with Crippen LogP contribution in [0.15, 0.2) is 41.9 Å². The van der Waals surface area contributed by atoms with Crippen LogP contribution in [-0.2, 0) is 4.79 Å². The average Bonchev–Trinajstić information content (AvgIpc) is 3.40. The number of methoxy groups -OCH3 is 1. The Balaban J connectivity index is 1.46. The van der Waals surface area contributed by atoms with Crippen LogP contribution in [0.4, 0.5) is 0 Å². The number of hydrogen-bond donors (Lipinski definition) is 3. The summed E-state index contributed by atoms with van der Waals surface area (Å²) >= 11 is 8.05. The van der Waals surface area contributed by atoms with Crippen LogP contribution in [0.2, 0.25) is 5.02 Å². The molecule has 1 amide bonds. The fourth-order valence-electron chi connectivity index (χ4n) is 4.63. The van der Waals surface area contributed by atoms with E-state index in [-0.39, 0.29) is 0 Å². The summed E-state index contributed by atoms with van der Waals surface area (Å²) < 4.78 is 5.33. The van der Waals surface area contributed by atoms with Gasteiger partial charge in [0, 0.05) is 30.2 Å². The summed E-state index contributed by atoms with van der Waals surface area (Å²) in [5.41, 5.74) is 2.34. The number of nitrogens with zero attached hydrogens (tertiary/aromatic N) is 2. The van der Waals surface area contributed by atoms with Crippen molar-refractivity contribution in [1.82, 2.24) is 15.4 Å². The largest absolute Gasteiger partial charge is 0.497 e. The van der Waals surface area contributed by atoms with Crippen molar-refractivity contribution in [2.75, 3.05) is 26.7 Å². The number of thiophene rings is 1. The normalized spacial score (nSPS) is 16.3. The van der Waals surface area contributed by atoms with Gasteiger partial charge in [0.05, 0.1) is 40.6 Å². The second-order valence-corrected chi connectivity index (χ2v) is 10.1. The number of piperidine rings is 1. The Morgan fingerprint density at radius 1 is 1.37 bits per heavy atom. The highest BCUT2D eigenvalue weighted by Crippen LogP contribution is 2.41. The average molecular weight is 514 g/mol. The molecule has 1 unspecified atom stereocenters. The van der Waals surface area contributed by atoms with Crippen LogP contribution in [0.3, 0.4) is 0 Å². The highest BCUT2D eigenvalue weighted by molar-refractivity contribution is 7.10. The standard InChI is InChI=1S/C26H28ClN3O4S/c1-34-18-6-7-22-20(16-18)24(21(27)17-28-22)23(31)8-9-26(25(32)29-33)10-13-30(14-11-26)12-2-4-19-5-3-15-35-19/h3,5-7,15-17,23,31,33H,8-14H2,1H3,(H,29,32). The van der Waals surface area contributed by atoms with E-state index in [0.29, 0.717) is 72.6 Å². The van der Waals surface area contributed by atoms with Crippen LogP contribution in [0.1, 0.15) is 42.2 Å². The summed E-state index contributed by atoms with van der Waals surface area (Å²) in [5.74, 6) is 6.58. The molecule has 1 saturated heterocycles. The fraction of sp³-hybridized carbons (Fsp3) is 0.385. The van der Waals surface area contributed by atoms with Crippen molar-refractivity contribution in [1.29, 1.82) is 0 Å². The van der Waals surface area contributed by atoms with Crippen molar-refractivity contribution in [3.05, 3.63) is 57.4 Å². The number of aliphatic hydroxyl groups excluding tert-OH is 1. The molecular weight excluding hydrogens is 486 g/mol. The van der Waals surface area contributed by atoms with E-state index in [9.17, 15) is 15.1 Å². The summed E-state index contributed by atoms with van der Waals surface area (Å²) in [6.07, 6.45) is 2.46. The molecule has 1 atom stereocenters. The number of pyridine rings is 1. The molecule has 7 nitrogen and oxygen atoms in total. The van der Waals surface area contributed by atoms with Gasteiger partial charge >= 0.3 is 0 Å². The van der Waals surface area contributed by atoms with Gasteiger partial charge in [0.15, 0.2) is 0 Å². The van der Waals surface area contributed by atoms with Crippen LogP contribution >= 0.6 is 22.9 Å². The molecule has 3 heterocycles. The van der Waals surface area contributed by atoms with Gasteiger partial charge in [0.25, 0.3) is 0 Å². The lowest BCUT2D eigenvalue weighted by atomic mass is 9.73. The number of amides is 1. The number of fused-ring (bicyclic) bond motifs is 1. The third kappa shape index (κ3) is 5.77. The number of rotatable bonds is 7. The number of hydrogen-bond acceptors (Lipinski definition) is 7. The molecule has 3 N–H and O–H groups in total. The first-order valence-electron chi connectivity index (χ1n) is 11.5. The monoisotopic (exact) mass is 513 g/mol. The molecule has 1 fully saturated rings. The van der Waals surface area contributed by atoms with Crippen molar-refractivity contribution in [3.8, 4) is 17.6 Å². The van der Waals surface area contributed by atoms with E-state index in [4.69, 9.17) is 16.3 Å². The summed E-state index contributed by atoms with van der Waals surface area (Å²) in [6, 6.07) is 9.39. The van der Waals surface area contributed by atoms with E-state index < -0.39 is 17.4 Å². The molecule has 3 aromatic rings. The minimum Gasteiger partial charge on any atom is -0.497 e. The van der Waals surface area contributed by atoms with Crippen molar-refractivity contribution >= 4 is 39.7 Å². The van der Waals surface area contributed by atoms with E-state index in [1.807, 2.05) is 29.1 Å². The van der Waals surface area contributed by atoms with Gasteiger partial charge in [-0.15, -0.1) is 11.3 Å². The zero-order valence-corrected chi connectivity index (χ0v) is 21.0. The third-order valence-corrected chi connectivity index (χ3v) is 7.82. The quantitative estimate of drug-likeness (QED) is 0.246. The number of aliphatic hydroxyl groups is 1. The zero-order chi connectivity index (χ0) is 24.8. The highest BCUT2D eigenvalue weighted by Gasteiger charge is 2.41.